The van der Waals surface area contributed by atoms with Crippen molar-refractivity contribution in [2.45, 2.75) is 57.9 Å². The van der Waals surface area contributed by atoms with Gasteiger partial charge in [0.05, 0.1) is 6.04 Å². The van der Waals surface area contributed by atoms with Gasteiger partial charge in [0.15, 0.2) is 0 Å². The van der Waals surface area contributed by atoms with Crippen LogP contribution in [0.15, 0.2) is 0 Å². The van der Waals surface area contributed by atoms with Gasteiger partial charge in [-0.25, -0.2) is 0 Å². The van der Waals surface area contributed by atoms with Crippen LogP contribution in [0.3, 0.4) is 0 Å². The molecular weight excluding hydrogens is 220 g/mol. The molecule has 0 saturated heterocycles. The summed E-state index contributed by atoms with van der Waals surface area (Å²) < 4.78 is 0. The first-order valence-electron chi connectivity index (χ1n) is 6.33. The molecule has 100 valence electrons. The summed E-state index contributed by atoms with van der Waals surface area (Å²) in [5.74, 6) is -0.832. The normalized spacial score (nSPS) is 12.1. The molecule has 0 aromatic rings. The second-order valence-electron chi connectivity index (χ2n) is 4.24. The number of hydrogen-bond acceptors (Lipinski definition) is 3. The average Bonchev–Trinajstić information content (AvgIpc) is 2.27. The lowest BCUT2D eigenvalue weighted by Crippen LogP contribution is -2.40. The second-order valence-corrected chi connectivity index (χ2v) is 4.24. The topological polar surface area (TPSA) is 92.4 Å². The molecule has 5 heteroatoms. The SMILES string of the molecule is CCC[C@H](N)C(=O)NCCCCCCC(=O)O. The zero-order valence-electron chi connectivity index (χ0n) is 10.6. The van der Waals surface area contributed by atoms with E-state index in [1.165, 1.54) is 0 Å². The van der Waals surface area contributed by atoms with Gasteiger partial charge >= 0.3 is 5.97 Å². The Morgan fingerprint density at radius 2 is 1.88 bits per heavy atom. The Hall–Kier alpha value is -1.10. The van der Waals surface area contributed by atoms with Crippen LogP contribution in [0, 0.1) is 0 Å². The summed E-state index contributed by atoms with van der Waals surface area (Å²) >= 11 is 0. The highest BCUT2D eigenvalue weighted by atomic mass is 16.4. The fraction of sp³-hybridized carbons (Fsp3) is 0.833. The van der Waals surface area contributed by atoms with E-state index < -0.39 is 12.0 Å². The Kier molecular flexibility index (Phi) is 9.43. The number of carboxylic acids is 1. The summed E-state index contributed by atoms with van der Waals surface area (Å²) in [6.07, 6.45) is 5.27. The quantitative estimate of drug-likeness (QED) is 0.504. The van der Waals surface area contributed by atoms with E-state index in [1.54, 1.807) is 0 Å². The predicted octanol–water partition coefficient (Wildman–Crippen LogP) is 1.27. The lowest BCUT2D eigenvalue weighted by Gasteiger charge is -2.10. The van der Waals surface area contributed by atoms with Crippen LogP contribution in [-0.2, 0) is 9.59 Å². The number of carbonyl (C=O) groups is 2. The van der Waals surface area contributed by atoms with E-state index in [4.69, 9.17) is 10.8 Å². The number of amides is 1. The lowest BCUT2D eigenvalue weighted by molar-refractivity contribution is -0.137. The summed E-state index contributed by atoms with van der Waals surface area (Å²) in [6, 6.07) is -0.396. The number of carboxylic acid groups (broad SMARTS) is 1. The van der Waals surface area contributed by atoms with Crippen LogP contribution >= 0.6 is 0 Å². The van der Waals surface area contributed by atoms with Crippen molar-refractivity contribution in [3.05, 3.63) is 0 Å². The van der Waals surface area contributed by atoms with Gasteiger partial charge in [-0.15, -0.1) is 0 Å². The molecule has 0 aliphatic rings. The molecule has 5 nitrogen and oxygen atoms in total. The van der Waals surface area contributed by atoms with E-state index in [2.05, 4.69) is 5.32 Å². The Morgan fingerprint density at radius 3 is 2.47 bits per heavy atom. The van der Waals surface area contributed by atoms with Crippen molar-refractivity contribution in [2.75, 3.05) is 6.54 Å². The van der Waals surface area contributed by atoms with Crippen molar-refractivity contribution in [1.82, 2.24) is 5.32 Å². The summed E-state index contributed by atoms with van der Waals surface area (Å²) in [4.78, 5) is 21.6. The third kappa shape index (κ3) is 9.81. The first-order valence-corrected chi connectivity index (χ1v) is 6.33. The Morgan fingerprint density at radius 1 is 1.24 bits per heavy atom. The highest BCUT2D eigenvalue weighted by Gasteiger charge is 2.10. The van der Waals surface area contributed by atoms with Gasteiger partial charge < -0.3 is 16.2 Å². The zero-order chi connectivity index (χ0) is 13.1. The smallest absolute Gasteiger partial charge is 0.303 e. The molecular formula is C12H24N2O3. The highest BCUT2D eigenvalue weighted by molar-refractivity contribution is 5.81. The zero-order valence-corrected chi connectivity index (χ0v) is 10.6. The van der Waals surface area contributed by atoms with Crippen LogP contribution < -0.4 is 11.1 Å². The second kappa shape index (κ2) is 10.1. The van der Waals surface area contributed by atoms with E-state index in [1.807, 2.05) is 6.92 Å². The lowest BCUT2D eigenvalue weighted by atomic mass is 10.1. The van der Waals surface area contributed by atoms with Crippen LogP contribution in [0.4, 0.5) is 0 Å². The van der Waals surface area contributed by atoms with Crippen LogP contribution in [0.1, 0.15) is 51.9 Å². The molecule has 0 aromatic heterocycles. The third-order valence-corrected chi connectivity index (χ3v) is 2.55. The fourth-order valence-corrected chi connectivity index (χ4v) is 1.54. The molecule has 0 fully saturated rings. The van der Waals surface area contributed by atoms with Crippen LogP contribution in [0.2, 0.25) is 0 Å². The van der Waals surface area contributed by atoms with E-state index in [-0.39, 0.29) is 12.3 Å². The standard InChI is InChI=1S/C12H24N2O3/c1-2-7-10(13)12(17)14-9-6-4-3-5-8-11(15)16/h10H,2-9,13H2,1H3,(H,14,17)(H,15,16)/t10-/m0/s1. The first-order chi connectivity index (χ1) is 8.07. The molecule has 17 heavy (non-hydrogen) atoms. The van der Waals surface area contributed by atoms with E-state index in [0.717, 1.165) is 25.7 Å². The summed E-state index contributed by atoms with van der Waals surface area (Å²) in [5, 5.41) is 11.2. The molecule has 0 saturated carbocycles. The van der Waals surface area contributed by atoms with Gasteiger partial charge in [0.2, 0.25) is 5.91 Å². The molecule has 0 aromatic carbocycles. The van der Waals surface area contributed by atoms with Crippen LogP contribution in [-0.4, -0.2) is 29.6 Å². The number of rotatable bonds is 10. The van der Waals surface area contributed by atoms with Gasteiger partial charge in [-0.3, -0.25) is 9.59 Å². The molecule has 1 atom stereocenters. The molecule has 0 rings (SSSR count). The number of nitrogens with one attached hydrogen (secondary N) is 1. The van der Waals surface area contributed by atoms with Gasteiger partial charge in [-0.1, -0.05) is 26.2 Å². The molecule has 0 aliphatic carbocycles. The van der Waals surface area contributed by atoms with Gasteiger partial charge in [-0.2, -0.15) is 0 Å². The number of unbranched alkanes of at least 4 members (excludes halogenated alkanes) is 3. The summed E-state index contributed by atoms with van der Waals surface area (Å²) in [5.41, 5.74) is 5.65. The highest BCUT2D eigenvalue weighted by Crippen LogP contribution is 2.02. The van der Waals surface area contributed by atoms with Crippen molar-refractivity contribution < 1.29 is 14.7 Å². The average molecular weight is 244 g/mol. The van der Waals surface area contributed by atoms with Crippen molar-refractivity contribution in [1.29, 1.82) is 0 Å². The number of nitrogens with two attached hydrogens (primary N) is 1. The summed E-state index contributed by atoms with van der Waals surface area (Å²) in [6.45, 7) is 2.62. The summed E-state index contributed by atoms with van der Waals surface area (Å²) in [7, 11) is 0. The molecule has 4 N–H and O–H groups in total. The minimum absolute atomic E-state index is 0.0858. The Labute approximate surface area is 103 Å². The Balaban J connectivity index is 3.33. The number of aliphatic carboxylic acids is 1. The molecule has 1 amide bonds. The van der Waals surface area contributed by atoms with Gasteiger partial charge in [-0.05, 0) is 19.3 Å². The van der Waals surface area contributed by atoms with Crippen molar-refractivity contribution in [2.24, 2.45) is 5.73 Å². The van der Waals surface area contributed by atoms with Gasteiger partial charge in [0.25, 0.3) is 0 Å². The van der Waals surface area contributed by atoms with E-state index >= 15 is 0 Å². The molecule has 0 radical (unpaired) electrons. The van der Waals surface area contributed by atoms with E-state index in [0.29, 0.717) is 19.4 Å². The number of carbonyl (C=O) groups excluding carboxylic acids is 1. The van der Waals surface area contributed by atoms with Gasteiger partial charge in [0.1, 0.15) is 0 Å². The molecule has 0 aliphatic heterocycles. The van der Waals surface area contributed by atoms with Crippen molar-refractivity contribution in [3.8, 4) is 0 Å². The van der Waals surface area contributed by atoms with Crippen molar-refractivity contribution >= 4 is 11.9 Å². The third-order valence-electron chi connectivity index (χ3n) is 2.55. The Bertz CT molecular complexity index is 232. The number of hydrogen-bond donors (Lipinski definition) is 3. The molecule has 0 bridgehead atoms. The minimum Gasteiger partial charge on any atom is -0.481 e. The monoisotopic (exact) mass is 244 g/mol. The van der Waals surface area contributed by atoms with Crippen molar-refractivity contribution in [3.63, 3.8) is 0 Å². The van der Waals surface area contributed by atoms with Gasteiger partial charge in [0, 0.05) is 13.0 Å². The molecule has 0 heterocycles. The maximum Gasteiger partial charge on any atom is 0.303 e. The maximum atomic E-state index is 11.4. The largest absolute Gasteiger partial charge is 0.481 e. The first kappa shape index (κ1) is 15.9. The molecule has 0 unspecified atom stereocenters. The van der Waals surface area contributed by atoms with E-state index in [9.17, 15) is 9.59 Å². The molecule has 0 spiro atoms. The fourth-order valence-electron chi connectivity index (χ4n) is 1.54. The minimum atomic E-state index is -0.746. The predicted molar refractivity (Wildman–Crippen MR) is 66.6 cm³/mol. The maximum absolute atomic E-state index is 11.4. The van der Waals surface area contributed by atoms with Crippen LogP contribution in [0.25, 0.3) is 0 Å². The van der Waals surface area contributed by atoms with Crippen LogP contribution in [0.5, 0.6) is 0 Å².